The average Bonchev–Trinajstić information content (AvgIpc) is 3.11. The number of nitrogens with one attached hydrogen (secondary N) is 1. The smallest absolute Gasteiger partial charge is 0.0107 e. The Morgan fingerprint density at radius 3 is 2.22 bits per heavy atom. The molecule has 0 saturated heterocycles. The van der Waals surface area contributed by atoms with Crippen molar-refractivity contribution in [2.75, 3.05) is 7.05 Å². The van der Waals surface area contributed by atoms with Gasteiger partial charge in [-0.2, -0.15) is 0 Å². The van der Waals surface area contributed by atoms with Crippen LogP contribution in [0.5, 0.6) is 0 Å². The molecule has 2 rings (SSSR count). The van der Waals surface area contributed by atoms with Gasteiger partial charge in [-0.15, -0.1) is 0 Å². The number of likely N-dealkylation sites (N-methyl/N-ethyl adjacent to an activating group) is 1. The lowest BCUT2D eigenvalue weighted by molar-refractivity contribution is 0.490. The van der Waals surface area contributed by atoms with Gasteiger partial charge in [-0.3, -0.25) is 0 Å². The normalized spacial score (nSPS) is 17.8. The van der Waals surface area contributed by atoms with E-state index in [4.69, 9.17) is 0 Å². The van der Waals surface area contributed by atoms with Gasteiger partial charge in [0, 0.05) is 6.04 Å². The highest BCUT2D eigenvalue weighted by atomic mass is 14.9. The monoisotopic (exact) mass is 245 g/mol. The lowest BCUT2D eigenvalue weighted by atomic mass is 9.86. The third kappa shape index (κ3) is 3.84. The van der Waals surface area contributed by atoms with E-state index in [1.54, 1.807) is 0 Å². The zero-order valence-electron chi connectivity index (χ0n) is 12.3. The molecule has 1 nitrogen and oxygen atoms in total. The van der Waals surface area contributed by atoms with E-state index in [2.05, 4.69) is 57.4 Å². The minimum absolute atomic E-state index is 0.259. The molecular weight excluding hydrogens is 218 g/mol. The third-order valence-corrected chi connectivity index (χ3v) is 4.03. The molecule has 0 heterocycles. The van der Waals surface area contributed by atoms with E-state index >= 15 is 0 Å². The van der Waals surface area contributed by atoms with Crippen molar-refractivity contribution in [3.8, 4) is 0 Å². The number of hydrogen-bond acceptors (Lipinski definition) is 1. The molecule has 18 heavy (non-hydrogen) atoms. The van der Waals surface area contributed by atoms with Crippen molar-refractivity contribution in [3.05, 3.63) is 35.4 Å². The summed E-state index contributed by atoms with van der Waals surface area (Å²) in [6.45, 7) is 6.81. The van der Waals surface area contributed by atoms with Crippen molar-refractivity contribution < 1.29 is 0 Å². The molecule has 1 heteroatoms. The largest absolute Gasteiger partial charge is 0.317 e. The van der Waals surface area contributed by atoms with Crippen LogP contribution in [0, 0.1) is 5.92 Å². The van der Waals surface area contributed by atoms with Crippen molar-refractivity contribution in [2.24, 2.45) is 5.92 Å². The predicted octanol–water partition coefficient (Wildman–Crippen LogP) is 3.91. The Kier molecular flexibility index (Phi) is 4.11. The molecule has 0 bridgehead atoms. The molecule has 1 aliphatic rings. The second-order valence-corrected chi connectivity index (χ2v) is 6.82. The topological polar surface area (TPSA) is 12.0 Å². The van der Waals surface area contributed by atoms with Crippen LogP contribution in [-0.2, 0) is 11.8 Å². The molecule has 0 spiro atoms. The molecule has 1 aliphatic carbocycles. The van der Waals surface area contributed by atoms with Crippen molar-refractivity contribution in [3.63, 3.8) is 0 Å². The molecule has 1 atom stereocenters. The van der Waals surface area contributed by atoms with Gasteiger partial charge in [0.05, 0.1) is 0 Å². The van der Waals surface area contributed by atoms with Gasteiger partial charge in [-0.05, 0) is 42.3 Å². The van der Waals surface area contributed by atoms with Crippen LogP contribution in [0.1, 0.15) is 51.2 Å². The van der Waals surface area contributed by atoms with Gasteiger partial charge in [-0.1, -0.05) is 57.9 Å². The highest BCUT2D eigenvalue weighted by Crippen LogP contribution is 2.34. The average molecular weight is 245 g/mol. The fourth-order valence-electron chi connectivity index (χ4n) is 2.48. The quantitative estimate of drug-likeness (QED) is 0.829. The molecule has 1 aromatic rings. The lowest BCUT2D eigenvalue weighted by Gasteiger charge is -2.20. The van der Waals surface area contributed by atoms with E-state index in [0.717, 1.165) is 12.3 Å². The summed E-state index contributed by atoms with van der Waals surface area (Å²) in [5.74, 6) is 0.997. The van der Waals surface area contributed by atoms with Crippen LogP contribution in [-0.4, -0.2) is 13.1 Å². The van der Waals surface area contributed by atoms with Crippen molar-refractivity contribution in [1.29, 1.82) is 0 Å². The van der Waals surface area contributed by atoms with Gasteiger partial charge in [0.25, 0.3) is 0 Å². The lowest BCUT2D eigenvalue weighted by Crippen LogP contribution is -2.28. The summed E-state index contributed by atoms with van der Waals surface area (Å²) >= 11 is 0. The first-order chi connectivity index (χ1) is 8.49. The second kappa shape index (κ2) is 5.44. The van der Waals surface area contributed by atoms with E-state index in [-0.39, 0.29) is 5.41 Å². The molecule has 1 unspecified atom stereocenters. The van der Waals surface area contributed by atoms with Crippen molar-refractivity contribution >= 4 is 0 Å². The van der Waals surface area contributed by atoms with Gasteiger partial charge in [0.2, 0.25) is 0 Å². The molecule has 1 saturated carbocycles. The summed E-state index contributed by atoms with van der Waals surface area (Å²) in [5.41, 5.74) is 3.15. The zero-order chi connectivity index (χ0) is 13.2. The number of hydrogen-bond donors (Lipinski definition) is 1. The first-order valence-corrected chi connectivity index (χ1v) is 7.25. The molecular formula is C17H27N. The van der Waals surface area contributed by atoms with Gasteiger partial charge < -0.3 is 5.32 Å². The number of rotatable bonds is 5. The maximum Gasteiger partial charge on any atom is 0.0107 e. The van der Waals surface area contributed by atoms with Crippen LogP contribution in [0.2, 0.25) is 0 Å². The Morgan fingerprint density at radius 1 is 1.17 bits per heavy atom. The van der Waals surface area contributed by atoms with Crippen LogP contribution >= 0.6 is 0 Å². The molecule has 1 fully saturated rings. The predicted molar refractivity (Wildman–Crippen MR) is 79.0 cm³/mol. The van der Waals surface area contributed by atoms with Gasteiger partial charge in [0.1, 0.15) is 0 Å². The summed E-state index contributed by atoms with van der Waals surface area (Å²) < 4.78 is 0. The maximum atomic E-state index is 3.47. The Bertz CT molecular complexity index is 368. The minimum Gasteiger partial charge on any atom is -0.317 e. The highest BCUT2D eigenvalue weighted by Gasteiger charge is 2.24. The van der Waals surface area contributed by atoms with Crippen LogP contribution in [0.3, 0.4) is 0 Å². The van der Waals surface area contributed by atoms with Crippen LogP contribution in [0.25, 0.3) is 0 Å². The Hall–Kier alpha value is -0.820. The van der Waals surface area contributed by atoms with E-state index in [0.29, 0.717) is 6.04 Å². The molecule has 0 aliphatic heterocycles. The van der Waals surface area contributed by atoms with Crippen LogP contribution in [0.4, 0.5) is 0 Å². The SMILES string of the molecule is CNC(Cc1ccc(C(C)(C)C)cc1)CC1CC1. The van der Waals surface area contributed by atoms with Crippen LogP contribution < -0.4 is 5.32 Å². The molecule has 0 radical (unpaired) electrons. The van der Waals surface area contributed by atoms with Crippen LogP contribution in [0.15, 0.2) is 24.3 Å². The molecule has 0 aromatic heterocycles. The van der Waals surface area contributed by atoms with Crippen molar-refractivity contribution in [1.82, 2.24) is 5.32 Å². The fourth-order valence-corrected chi connectivity index (χ4v) is 2.48. The van der Waals surface area contributed by atoms with Gasteiger partial charge in [-0.25, -0.2) is 0 Å². The summed E-state index contributed by atoms with van der Waals surface area (Å²) in [7, 11) is 2.09. The second-order valence-electron chi connectivity index (χ2n) is 6.82. The van der Waals surface area contributed by atoms with E-state index in [1.807, 2.05) is 0 Å². The molecule has 0 amide bonds. The Morgan fingerprint density at radius 2 is 1.78 bits per heavy atom. The Labute approximate surface area is 112 Å². The van der Waals surface area contributed by atoms with Gasteiger partial charge in [0.15, 0.2) is 0 Å². The highest BCUT2D eigenvalue weighted by molar-refractivity contribution is 5.28. The first-order valence-electron chi connectivity index (χ1n) is 7.25. The summed E-state index contributed by atoms with van der Waals surface area (Å²) in [6.07, 6.45) is 5.40. The summed E-state index contributed by atoms with van der Waals surface area (Å²) in [5, 5.41) is 3.47. The third-order valence-electron chi connectivity index (χ3n) is 4.03. The standard InChI is InChI=1S/C17H27N/c1-17(2,3)15-9-7-14(8-10-15)12-16(18-4)11-13-5-6-13/h7-10,13,16,18H,5-6,11-12H2,1-4H3. The fraction of sp³-hybridized carbons (Fsp3) is 0.647. The Balaban J connectivity index is 1.95. The molecule has 1 N–H and O–H groups in total. The van der Waals surface area contributed by atoms with E-state index in [9.17, 15) is 0 Å². The van der Waals surface area contributed by atoms with Gasteiger partial charge >= 0.3 is 0 Å². The van der Waals surface area contributed by atoms with E-state index < -0.39 is 0 Å². The minimum atomic E-state index is 0.259. The zero-order valence-corrected chi connectivity index (χ0v) is 12.3. The summed E-state index contributed by atoms with van der Waals surface area (Å²) in [4.78, 5) is 0. The van der Waals surface area contributed by atoms with E-state index in [1.165, 1.54) is 30.4 Å². The summed E-state index contributed by atoms with van der Waals surface area (Å²) in [6, 6.07) is 9.84. The molecule has 1 aromatic carbocycles. The number of benzene rings is 1. The van der Waals surface area contributed by atoms with Crippen molar-refractivity contribution in [2.45, 2.75) is 57.9 Å². The maximum absolute atomic E-state index is 3.47. The molecule has 100 valence electrons. The first kappa shape index (κ1) is 13.6.